The first-order valence-corrected chi connectivity index (χ1v) is 9.26. The summed E-state index contributed by atoms with van der Waals surface area (Å²) >= 11 is 0. The lowest BCUT2D eigenvalue weighted by atomic mass is 10.1. The van der Waals surface area contributed by atoms with Gasteiger partial charge < -0.3 is 19.2 Å². The Morgan fingerprint density at radius 2 is 2.08 bits per heavy atom. The first-order chi connectivity index (χ1) is 12.7. The number of furan rings is 1. The van der Waals surface area contributed by atoms with Gasteiger partial charge in [0.15, 0.2) is 5.82 Å². The Hall–Kier alpha value is -2.60. The van der Waals surface area contributed by atoms with Crippen molar-refractivity contribution in [1.82, 2.24) is 14.9 Å². The molecule has 4 rings (SSSR count). The van der Waals surface area contributed by atoms with Gasteiger partial charge in [-0.05, 0) is 31.9 Å². The number of aryl methyl sites for hydroxylation is 1. The number of aromatic nitrogens is 2. The summed E-state index contributed by atoms with van der Waals surface area (Å²) in [4.78, 5) is 18.8. The number of benzene rings is 1. The molecule has 0 atom stereocenters. The summed E-state index contributed by atoms with van der Waals surface area (Å²) in [7, 11) is 0. The van der Waals surface area contributed by atoms with Crippen molar-refractivity contribution in [3.05, 3.63) is 58.8 Å². The van der Waals surface area contributed by atoms with Gasteiger partial charge in [-0.1, -0.05) is 18.2 Å². The lowest BCUT2D eigenvalue weighted by Gasteiger charge is -2.32. The maximum Gasteiger partial charge on any atom is 0.293 e. The van der Waals surface area contributed by atoms with Crippen LogP contribution in [-0.4, -0.2) is 28.7 Å². The molecule has 0 aliphatic carbocycles. The Balaban J connectivity index is 1.34. The second-order valence-electron chi connectivity index (χ2n) is 6.73. The van der Waals surface area contributed by atoms with Gasteiger partial charge in [0.2, 0.25) is 0 Å². The van der Waals surface area contributed by atoms with E-state index < -0.39 is 0 Å². The van der Waals surface area contributed by atoms with Gasteiger partial charge in [-0.25, -0.2) is 4.98 Å². The van der Waals surface area contributed by atoms with E-state index in [4.69, 9.17) is 4.42 Å². The highest BCUT2D eigenvalue weighted by molar-refractivity contribution is 5.77. The molecule has 1 N–H and O–H groups in total. The highest BCUT2D eigenvalue weighted by Gasteiger charge is 2.22. The highest BCUT2D eigenvalue weighted by atomic mass is 16.3. The fourth-order valence-corrected chi connectivity index (χ4v) is 3.57. The molecule has 0 amide bonds. The smallest absolute Gasteiger partial charge is 0.293 e. The van der Waals surface area contributed by atoms with Gasteiger partial charge in [0.25, 0.3) is 5.56 Å². The highest BCUT2D eigenvalue weighted by Crippen LogP contribution is 2.20. The van der Waals surface area contributed by atoms with Crippen molar-refractivity contribution in [3.8, 4) is 0 Å². The topological polar surface area (TPSA) is 63.3 Å². The van der Waals surface area contributed by atoms with E-state index in [-0.39, 0.29) is 5.56 Å². The third kappa shape index (κ3) is 3.37. The normalized spacial score (nSPS) is 15.7. The van der Waals surface area contributed by atoms with Crippen molar-refractivity contribution in [2.45, 2.75) is 38.9 Å². The molecular weight excluding hydrogens is 328 g/mol. The molecule has 1 saturated heterocycles. The summed E-state index contributed by atoms with van der Waals surface area (Å²) in [5.41, 5.74) is 0.935. The van der Waals surface area contributed by atoms with Gasteiger partial charge in [-0.2, -0.15) is 0 Å². The SMILES string of the molecule is CCn1ccnc(N2CCC(NCc3cc4ccccc4o3)CC2)c1=O. The van der Waals surface area contributed by atoms with E-state index in [0.717, 1.165) is 49.2 Å². The minimum atomic E-state index is 0.00341. The number of hydrogen-bond acceptors (Lipinski definition) is 5. The zero-order chi connectivity index (χ0) is 17.9. The molecule has 3 aromatic rings. The van der Waals surface area contributed by atoms with Crippen LogP contribution < -0.4 is 15.8 Å². The average Bonchev–Trinajstić information content (AvgIpc) is 3.10. The summed E-state index contributed by atoms with van der Waals surface area (Å²) in [6.07, 6.45) is 5.43. The molecule has 0 unspecified atom stereocenters. The fraction of sp³-hybridized carbons (Fsp3) is 0.400. The Labute approximate surface area is 152 Å². The zero-order valence-corrected chi connectivity index (χ0v) is 15.0. The van der Waals surface area contributed by atoms with E-state index in [1.165, 1.54) is 0 Å². The van der Waals surface area contributed by atoms with Gasteiger partial charge in [0, 0.05) is 43.5 Å². The Morgan fingerprint density at radius 3 is 2.85 bits per heavy atom. The van der Waals surface area contributed by atoms with Crippen LogP contribution in [0.2, 0.25) is 0 Å². The molecule has 1 aliphatic rings. The van der Waals surface area contributed by atoms with Crippen LogP contribution in [0.15, 0.2) is 51.9 Å². The van der Waals surface area contributed by atoms with E-state index in [1.54, 1.807) is 17.0 Å². The molecule has 0 spiro atoms. The Bertz CT molecular complexity index is 905. The molecule has 1 aliphatic heterocycles. The van der Waals surface area contributed by atoms with Crippen LogP contribution in [0.25, 0.3) is 11.0 Å². The number of nitrogens with zero attached hydrogens (tertiary/aromatic N) is 3. The molecule has 3 heterocycles. The Kier molecular flexibility index (Phi) is 4.75. The molecule has 0 radical (unpaired) electrons. The van der Waals surface area contributed by atoms with Gasteiger partial charge in [-0.3, -0.25) is 4.79 Å². The molecule has 0 saturated carbocycles. The standard InChI is InChI=1S/C20H24N4O2/c1-2-23-12-9-21-19(20(23)25)24-10-7-16(8-11-24)22-14-17-13-15-5-3-4-6-18(15)26-17/h3-6,9,12-13,16,22H,2,7-8,10-11,14H2,1H3. The van der Waals surface area contributed by atoms with Gasteiger partial charge in [0.1, 0.15) is 11.3 Å². The number of para-hydroxylation sites is 1. The fourth-order valence-electron chi connectivity index (χ4n) is 3.57. The lowest BCUT2D eigenvalue weighted by Crippen LogP contribution is -2.44. The van der Waals surface area contributed by atoms with Gasteiger partial charge in [0.05, 0.1) is 6.54 Å². The van der Waals surface area contributed by atoms with E-state index in [9.17, 15) is 4.79 Å². The predicted molar refractivity (Wildman–Crippen MR) is 102 cm³/mol. The van der Waals surface area contributed by atoms with Gasteiger partial charge >= 0.3 is 0 Å². The van der Waals surface area contributed by atoms with Crippen LogP contribution in [0.5, 0.6) is 0 Å². The van der Waals surface area contributed by atoms with Crippen LogP contribution >= 0.6 is 0 Å². The first-order valence-electron chi connectivity index (χ1n) is 9.26. The largest absolute Gasteiger partial charge is 0.460 e. The molecule has 0 bridgehead atoms. The molecular formula is C20H24N4O2. The number of nitrogens with one attached hydrogen (secondary N) is 1. The predicted octanol–water partition coefficient (Wildman–Crippen LogP) is 2.77. The third-order valence-corrected chi connectivity index (χ3v) is 5.07. The second kappa shape index (κ2) is 7.33. The summed E-state index contributed by atoms with van der Waals surface area (Å²) in [5.74, 6) is 1.54. The first kappa shape index (κ1) is 16.8. The number of anilines is 1. The van der Waals surface area contributed by atoms with Crippen molar-refractivity contribution in [2.24, 2.45) is 0 Å². The maximum absolute atomic E-state index is 12.4. The van der Waals surface area contributed by atoms with Crippen LogP contribution in [0.3, 0.4) is 0 Å². The van der Waals surface area contributed by atoms with Gasteiger partial charge in [-0.15, -0.1) is 0 Å². The molecule has 26 heavy (non-hydrogen) atoms. The van der Waals surface area contributed by atoms with E-state index in [0.29, 0.717) is 18.4 Å². The van der Waals surface area contributed by atoms with E-state index >= 15 is 0 Å². The molecule has 1 aromatic carbocycles. The number of rotatable bonds is 5. The van der Waals surface area contributed by atoms with Crippen LogP contribution in [0, 0.1) is 0 Å². The summed E-state index contributed by atoms with van der Waals surface area (Å²) in [5, 5.41) is 4.72. The molecule has 2 aromatic heterocycles. The molecule has 136 valence electrons. The minimum Gasteiger partial charge on any atom is -0.460 e. The Morgan fingerprint density at radius 1 is 1.27 bits per heavy atom. The van der Waals surface area contributed by atoms with Crippen molar-refractivity contribution in [1.29, 1.82) is 0 Å². The summed E-state index contributed by atoms with van der Waals surface area (Å²) in [6.45, 7) is 5.05. The van der Waals surface area contributed by atoms with E-state index in [2.05, 4.69) is 27.3 Å². The van der Waals surface area contributed by atoms with Crippen molar-refractivity contribution in [2.75, 3.05) is 18.0 Å². The average molecular weight is 352 g/mol. The number of fused-ring (bicyclic) bond motifs is 1. The van der Waals surface area contributed by atoms with Crippen LogP contribution in [0.4, 0.5) is 5.82 Å². The number of hydrogen-bond donors (Lipinski definition) is 1. The number of piperidine rings is 1. The van der Waals surface area contributed by atoms with Crippen molar-refractivity contribution < 1.29 is 4.42 Å². The maximum atomic E-state index is 12.4. The zero-order valence-electron chi connectivity index (χ0n) is 15.0. The molecule has 1 fully saturated rings. The van der Waals surface area contributed by atoms with Crippen molar-refractivity contribution >= 4 is 16.8 Å². The second-order valence-corrected chi connectivity index (χ2v) is 6.73. The van der Waals surface area contributed by atoms with Crippen molar-refractivity contribution in [3.63, 3.8) is 0 Å². The van der Waals surface area contributed by atoms with Crippen LogP contribution in [0.1, 0.15) is 25.5 Å². The minimum absolute atomic E-state index is 0.00341. The lowest BCUT2D eigenvalue weighted by molar-refractivity contribution is 0.392. The quantitative estimate of drug-likeness (QED) is 0.765. The molecule has 6 nitrogen and oxygen atoms in total. The van der Waals surface area contributed by atoms with E-state index in [1.807, 2.05) is 25.1 Å². The monoisotopic (exact) mass is 352 g/mol. The third-order valence-electron chi connectivity index (χ3n) is 5.07. The summed E-state index contributed by atoms with van der Waals surface area (Å²) in [6, 6.07) is 10.6. The summed E-state index contributed by atoms with van der Waals surface area (Å²) < 4.78 is 7.57. The molecule has 6 heteroatoms. The van der Waals surface area contributed by atoms with Crippen LogP contribution in [-0.2, 0) is 13.1 Å².